The fourth-order valence-electron chi connectivity index (χ4n) is 8.55. The summed E-state index contributed by atoms with van der Waals surface area (Å²) < 4.78 is 0. The first-order valence-corrected chi connectivity index (χ1v) is 20.8. The molecule has 0 aromatic carbocycles. The van der Waals surface area contributed by atoms with Gasteiger partial charge in [-0.05, 0) is 119 Å². The van der Waals surface area contributed by atoms with Crippen molar-refractivity contribution in [2.75, 3.05) is 26.2 Å². The van der Waals surface area contributed by atoms with Gasteiger partial charge in [-0.15, -0.1) is 0 Å². The van der Waals surface area contributed by atoms with Gasteiger partial charge in [0.15, 0.2) is 5.11 Å². The topological polar surface area (TPSA) is 207 Å². The number of carboxylic acid groups (broad SMARTS) is 2. The quantitative estimate of drug-likeness (QED) is 0.0565. The highest BCUT2D eigenvalue weighted by molar-refractivity contribution is 7.80. The van der Waals surface area contributed by atoms with Crippen LogP contribution in [0.3, 0.4) is 0 Å². The lowest BCUT2D eigenvalue weighted by molar-refractivity contribution is -0.141. The highest BCUT2D eigenvalue weighted by Gasteiger charge is 2.61. The van der Waals surface area contributed by atoms with Gasteiger partial charge in [0, 0.05) is 43.1 Å². The molecule has 13 nitrogen and oxygen atoms in total. The van der Waals surface area contributed by atoms with Crippen molar-refractivity contribution in [3.8, 4) is 0 Å². The predicted octanol–water partition coefficient (Wildman–Crippen LogP) is 4.07. The van der Waals surface area contributed by atoms with Crippen LogP contribution in [0.1, 0.15) is 83.5 Å². The van der Waals surface area contributed by atoms with Crippen LogP contribution < -0.4 is 37.6 Å². The van der Waals surface area contributed by atoms with Gasteiger partial charge in [0.2, 0.25) is 5.91 Å². The second-order valence-corrected chi connectivity index (χ2v) is 17.0. The maximum absolute atomic E-state index is 13.3. The second kappa shape index (κ2) is 18.8. The van der Waals surface area contributed by atoms with E-state index in [1.807, 2.05) is 0 Å². The molecule has 0 aromatic heterocycles. The molecule has 56 heavy (non-hydrogen) atoms. The molecule has 0 bridgehead atoms. The Morgan fingerprint density at radius 1 is 0.946 bits per heavy atom. The summed E-state index contributed by atoms with van der Waals surface area (Å²) in [5.41, 5.74) is 8.24. The van der Waals surface area contributed by atoms with Gasteiger partial charge in [0.1, 0.15) is 12.1 Å². The van der Waals surface area contributed by atoms with Crippen LogP contribution >= 0.6 is 12.2 Å². The summed E-state index contributed by atoms with van der Waals surface area (Å²) in [5, 5.41) is 37.4. The molecule has 7 atom stereocenters. The number of nitrogens with one attached hydrogen (secondary N) is 6. The number of hydrogen-bond donors (Lipinski definition) is 9. The number of nitrogens with two attached hydrogens (primary N) is 1. The van der Waals surface area contributed by atoms with E-state index in [0.717, 1.165) is 63.1 Å². The Bertz CT molecular complexity index is 1700. The van der Waals surface area contributed by atoms with Crippen molar-refractivity contribution in [2.24, 2.45) is 35.3 Å². The van der Waals surface area contributed by atoms with E-state index in [0.29, 0.717) is 61.8 Å². The highest BCUT2D eigenvalue weighted by Crippen LogP contribution is 2.52. The number of carboxylic acids is 2. The number of rotatable bonds is 22. The molecule has 304 valence electrons. The van der Waals surface area contributed by atoms with Crippen LogP contribution in [-0.2, 0) is 14.4 Å². The molecule has 6 aliphatic carbocycles. The summed E-state index contributed by atoms with van der Waals surface area (Å²) in [7, 11) is 0. The van der Waals surface area contributed by atoms with Crippen LogP contribution in [0, 0.1) is 29.6 Å². The van der Waals surface area contributed by atoms with E-state index in [-0.39, 0.29) is 23.3 Å². The van der Waals surface area contributed by atoms with Gasteiger partial charge in [0.25, 0.3) is 0 Å². The standard InChI is InChI=1S/C42H59N7O6S/c43-35(29-14-15-29)21-27-11-17-33(18-12-27)47-40(56)45-20-5-1-2-10-36(50)48-41(24-34(41)31-16-13-28-7-3-4-8-30(28)22-31)26-44-19-6-9-32-23-42(32,38(53)54)49-39(55)46-25-37(51)52/h3-4,7-8,11,13,16-18,27,29-30,32,34-35,44H,1-2,5-6,9-10,12,14-15,19-26,43H2,(H,48,50)(H,51,52)(H,53,54)(H2,45,47,56)(H2,46,49,55)/t27?,30?,32?,34-,35?,41?,42?/m1/s1. The van der Waals surface area contributed by atoms with E-state index >= 15 is 0 Å². The van der Waals surface area contributed by atoms with Gasteiger partial charge >= 0.3 is 18.0 Å². The normalized spacial score (nSPS) is 28.8. The molecule has 14 heteroatoms. The minimum atomic E-state index is -1.38. The molecule has 0 spiro atoms. The smallest absolute Gasteiger partial charge is 0.329 e. The number of allylic oxidation sites excluding steroid dienone is 10. The van der Waals surface area contributed by atoms with E-state index in [4.69, 9.17) is 23.1 Å². The van der Waals surface area contributed by atoms with Gasteiger partial charge in [0.05, 0.1) is 5.54 Å². The van der Waals surface area contributed by atoms with Gasteiger partial charge in [-0.25, -0.2) is 9.59 Å². The summed E-state index contributed by atoms with van der Waals surface area (Å²) in [6.45, 7) is 1.39. The SMILES string of the molecule is NC(CC1C=CC(NC(=S)NCCCCCC(=O)NC2(CNCCCC3CC3(NC(=O)NCC(=O)O)C(=O)O)C[C@@H]2C2=CC=C3C=CC=CC3C2)=CC1)C1CC1. The van der Waals surface area contributed by atoms with E-state index in [2.05, 4.69) is 86.6 Å². The number of urea groups is 1. The Morgan fingerprint density at radius 2 is 1.79 bits per heavy atom. The minimum Gasteiger partial charge on any atom is -0.480 e. The highest BCUT2D eigenvalue weighted by atomic mass is 32.1. The van der Waals surface area contributed by atoms with Crippen molar-refractivity contribution in [1.82, 2.24) is 31.9 Å². The molecule has 0 aliphatic heterocycles. The minimum absolute atomic E-state index is 0.0523. The van der Waals surface area contributed by atoms with E-state index in [9.17, 15) is 24.3 Å². The molecular weight excluding hydrogens is 731 g/mol. The molecule has 10 N–H and O–H groups in total. The third-order valence-electron chi connectivity index (χ3n) is 12.2. The molecule has 0 saturated heterocycles. The zero-order chi connectivity index (χ0) is 39.7. The van der Waals surface area contributed by atoms with Crippen LogP contribution in [0.2, 0.25) is 0 Å². The van der Waals surface area contributed by atoms with Crippen LogP contribution in [0.4, 0.5) is 4.79 Å². The molecule has 0 aromatic rings. The molecule has 3 saturated carbocycles. The average Bonchev–Trinajstić information content (AvgIpc) is 4.09. The summed E-state index contributed by atoms with van der Waals surface area (Å²) in [6, 6.07) is -0.490. The number of carbonyl (C=O) groups excluding carboxylic acids is 2. The van der Waals surface area contributed by atoms with Crippen LogP contribution in [0.25, 0.3) is 0 Å². The zero-order valence-electron chi connectivity index (χ0n) is 32.2. The first-order chi connectivity index (χ1) is 27.0. The fourth-order valence-corrected chi connectivity index (χ4v) is 8.77. The summed E-state index contributed by atoms with van der Waals surface area (Å²) in [6.07, 6.45) is 30.5. The molecule has 3 amide bonds. The van der Waals surface area contributed by atoms with Gasteiger partial charge in [-0.1, -0.05) is 60.6 Å². The second-order valence-electron chi connectivity index (χ2n) is 16.6. The summed E-state index contributed by atoms with van der Waals surface area (Å²) in [4.78, 5) is 48.2. The van der Waals surface area contributed by atoms with Gasteiger partial charge < -0.3 is 47.8 Å². The monoisotopic (exact) mass is 789 g/mol. The van der Waals surface area contributed by atoms with E-state index < -0.39 is 30.1 Å². The number of carbonyl (C=O) groups is 4. The number of thiocarbonyl (C=S) groups is 1. The first-order valence-electron chi connectivity index (χ1n) is 20.4. The number of hydrogen-bond acceptors (Lipinski definition) is 7. The third-order valence-corrected chi connectivity index (χ3v) is 12.5. The van der Waals surface area contributed by atoms with Crippen LogP contribution in [-0.4, -0.2) is 82.5 Å². The number of unbranched alkanes of at least 4 members (excludes halogenated alkanes) is 2. The van der Waals surface area contributed by atoms with Crippen LogP contribution in [0.15, 0.2) is 71.5 Å². The van der Waals surface area contributed by atoms with Gasteiger partial charge in [-0.2, -0.15) is 0 Å². The molecular formula is C42H59N7O6S. The van der Waals surface area contributed by atoms with Crippen molar-refractivity contribution in [2.45, 2.75) is 101 Å². The lowest BCUT2D eigenvalue weighted by Crippen LogP contribution is -2.50. The van der Waals surface area contributed by atoms with Crippen molar-refractivity contribution in [3.05, 3.63) is 71.5 Å². The number of aliphatic carboxylic acids is 2. The summed E-state index contributed by atoms with van der Waals surface area (Å²) >= 11 is 5.52. The molecule has 0 radical (unpaired) electrons. The Hall–Kier alpha value is -4.27. The van der Waals surface area contributed by atoms with Crippen molar-refractivity contribution in [1.29, 1.82) is 0 Å². The molecule has 3 fully saturated rings. The molecule has 6 rings (SSSR count). The van der Waals surface area contributed by atoms with Crippen molar-refractivity contribution in [3.63, 3.8) is 0 Å². The molecule has 6 aliphatic rings. The van der Waals surface area contributed by atoms with Crippen molar-refractivity contribution < 1.29 is 29.4 Å². The average molecular weight is 790 g/mol. The predicted molar refractivity (Wildman–Crippen MR) is 219 cm³/mol. The number of fused-ring (bicyclic) bond motifs is 1. The lowest BCUT2D eigenvalue weighted by Gasteiger charge is -2.26. The van der Waals surface area contributed by atoms with Crippen molar-refractivity contribution >= 4 is 41.2 Å². The third kappa shape index (κ3) is 11.4. The van der Waals surface area contributed by atoms with Crippen LogP contribution in [0.5, 0.6) is 0 Å². The lowest BCUT2D eigenvalue weighted by atomic mass is 9.82. The van der Waals surface area contributed by atoms with Gasteiger partial charge in [-0.3, -0.25) is 9.59 Å². The Balaban J connectivity index is 0.901. The molecule has 0 heterocycles. The number of amides is 3. The van der Waals surface area contributed by atoms with E-state index in [1.165, 1.54) is 24.0 Å². The van der Waals surface area contributed by atoms with E-state index in [1.54, 1.807) is 0 Å². The zero-order valence-corrected chi connectivity index (χ0v) is 33.0. The maximum Gasteiger partial charge on any atom is 0.329 e. The first kappa shape index (κ1) is 41.4. The Labute approximate surface area is 335 Å². The Kier molecular flexibility index (Phi) is 13.9. The maximum atomic E-state index is 13.3. The summed E-state index contributed by atoms with van der Waals surface area (Å²) in [5.74, 6) is -0.703. The largest absolute Gasteiger partial charge is 0.480 e. The molecule has 6 unspecified atom stereocenters. The Morgan fingerprint density at radius 3 is 2.54 bits per heavy atom. The fraction of sp³-hybridized carbons (Fsp3) is 0.595.